The molecular formula is C14H18ClNO. The van der Waals surface area contributed by atoms with E-state index in [1.165, 1.54) is 0 Å². The van der Waals surface area contributed by atoms with Crippen LogP contribution in [0.15, 0.2) is 18.2 Å². The third-order valence-electron chi connectivity index (χ3n) is 3.35. The minimum Gasteiger partial charge on any atom is -0.337 e. The Kier molecular flexibility index (Phi) is 3.72. The SMILES string of the molecule is Cc1cccc(C)c1C(=O)N1CCCC(Cl)C1. The van der Waals surface area contributed by atoms with Crippen molar-refractivity contribution in [2.45, 2.75) is 32.1 Å². The van der Waals surface area contributed by atoms with Crippen molar-refractivity contribution >= 4 is 17.5 Å². The van der Waals surface area contributed by atoms with Gasteiger partial charge in [0.15, 0.2) is 0 Å². The summed E-state index contributed by atoms with van der Waals surface area (Å²) in [4.78, 5) is 14.3. The molecule has 0 aromatic heterocycles. The van der Waals surface area contributed by atoms with Crippen LogP contribution >= 0.6 is 11.6 Å². The number of benzene rings is 1. The van der Waals surface area contributed by atoms with Crippen molar-refractivity contribution in [2.75, 3.05) is 13.1 Å². The number of rotatable bonds is 1. The summed E-state index contributed by atoms with van der Waals surface area (Å²) in [6.45, 7) is 5.48. The lowest BCUT2D eigenvalue weighted by Gasteiger charge is -2.30. The second-order valence-electron chi connectivity index (χ2n) is 4.76. The minimum absolute atomic E-state index is 0.108. The number of likely N-dealkylation sites (tertiary alicyclic amines) is 1. The first-order valence-electron chi connectivity index (χ1n) is 6.09. The molecule has 1 fully saturated rings. The van der Waals surface area contributed by atoms with E-state index in [0.717, 1.165) is 36.1 Å². The van der Waals surface area contributed by atoms with Crippen LogP contribution in [-0.4, -0.2) is 29.3 Å². The average Bonchev–Trinajstić information content (AvgIpc) is 2.28. The van der Waals surface area contributed by atoms with Gasteiger partial charge in [-0.25, -0.2) is 0 Å². The summed E-state index contributed by atoms with van der Waals surface area (Å²) in [5.74, 6) is 0.131. The van der Waals surface area contributed by atoms with Gasteiger partial charge in [0.25, 0.3) is 5.91 Å². The van der Waals surface area contributed by atoms with E-state index in [9.17, 15) is 4.79 Å². The molecule has 92 valence electrons. The van der Waals surface area contributed by atoms with Crippen molar-refractivity contribution in [1.82, 2.24) is 4.90 Å². The molecular weight excluding hydrogens is 234 g/mol. The van der Waals surface area contributed by atoms with Gasteiger partial charge in [0, 0.05) is 18.7 Å². The van der Waals surface area contributed by atoms with Crippen molar-refractivity contribution in [2.24, 2.45) is 0 Å². The topological polar surface area (TPSA) is 20.3 Å². The third kappa shape index (κ3) is 2.63. The standard InChI is InChI=1S/C14H18ClNO/c1-10-5-3-6-11(2)13(10)14(17)16-8-4-7-12(15)9-16/h3,5-6,12H,4,7-9H2,1-2H3. The Balaban J connectivity index is 2.24. The maximum absolute atomic E-state index is 12.5. The zero-order chi connectivity index (χ0) is 12.4. The molecule has 1 unspecified atom stereocenters. The Labute approximate surface area is 108 Å². The second kappa shape index (κ2) is 5.09. The van der Waals surface area contributed by atoms with Gasteiger partial charge in [-0.15, -0.1) is 11.6 Å². The largest absolute Gasteiger partial charge is 0.337 e. The molecule has 0 saturated carbocycles. The van der Waals surface area contributed by atoms with Crippen LogP contribution in [0.5, 0.6) is 0 Å². The summed E-state index contributed by atoms with van der Waals surface area (Å²) in [5, 5.41) is 0.108. The Morgan fingerprint density at radius 3 is 2.59 bits per heavy atom. The van der Waals surface area contributed by atoms with E-state index in [0.29, 0.717) is 6.54 Å². The van der Waals surface area contributed by atoms with E-state index >= 15 is 0 Å². The third-order valence-corrected chi connectivity index (χ3v) is 3.70. The van der Waals surface area contributed by atoms with Crippen LogP contribution in [0, 0.1) is 13.8 Å². The van der Waals surface area contributed by atoms with E-state index in [1.807, 2.05) is 36.9 Å². The van der Waals surface area contributed by atoms with Crippen LogP contribution in [0.1, 0.15) is 34.3 Å². The molecule has 1 saturated heterocycles. The van der Waals surface area contributed by atoms with E-state index in [2.05, 4.69) is 0 Å². The van der Waals surface area contributed by atoms with Gasteiger partial charge in [-0.1, -0.05) is 18.2 Å². The Bertz CT molecular complexity index is 410. The highest BCUT2D eigenvalue weighted by Gasteiger charge is 2.24. The molecule has 17 heavy (non-hydrogen) atoms. The van der Waals surface area contributed by atoms with Gasteiger partial charge in [-0.3, -0.25) is 4.79 Å². The monoisotopic (exact) mass is 251 g/mol. The molecule has 1 amide bonds. The molecule has 2 rings (SSSR count). The lowest BCUT2D eigenvalue weighted by molar-refractivity contribution is 0.0725. The van der Waals surface area contributed by atoms with E-state index in [1.54, 1.807) is 0 Å². The maximum atomic E-state index is 12.5. The van der Waals surface area contributed by atoms with E-state index in [-0.39, 0.29) is 11.3 Å². The molecule has 1 aromatic carbocycles. The first-order chi connectivity index (χ1) is 8.09. The summed E-state index contributed by atoms with van der Waals surface area (Å²) in [7, 11) is 0. The van der Waals surface area contributed by atoms with Gasteiger partial charge in [0.2, 0.25) is 0 Å². The number of piperidine rings is 1. The van der Waals surface area contributed by atoms with Crippen LogP contribution in [0.4, 0.5) is 0 Å². The van der Waals surface area contributed by atoms with E-state index in [4.69, 9.17) is 11.6 Å². The van der Waals surface area contributed by atoms with Gasteiger partial charge in [0.1, 0.15) is 0 Å². The summed E-state index contributed by atoms with van der Waals surface area (Å²) in [6.07, 6.45) is 2.02. The van der Waals surface area contributed by atoms with Gasteiger partial charge < -0.3 is 4.90 Å². The molecule has 1 heterocycles. The molecule has 0 aliphatic carbocycles. The first kappa shape index (κ1) is 12.4. The van der Waals surface area contributed by atoms with E-state index < -0.39 is 0 Å². The number of halogens is 1. The number of carbonyl (C=O) groups excluding carboxylic acids is 1. The second-order valence-corrected chi connectivity index (χ2v) is 5.37. The van der Waals surface area contributed by atoms with Gasteiger partial charge in [-0.2, -0.15) is 0 Å². The summed E-state index contributed by atoms with van der Waals surface area (Å²) in [6, 6.07) is 5.97. The average molecular weight is 252 g/mol. The fourth-order valence-corrected chi connectivity index (χ4v) is 2.74. The van der Waals surface area contributed by atoms with Crippen molar-refractivity contribution in [3.63, 3.8) is 0 Å². The predicted molar refractivity (Wildman–Crippen MR) is 70.7 cm³/mol. The smallest absolute Gasteiger partial charge is 0.254 e. The Morgan fingerprint density at radius 1 is 1.35 bits per heavy atom. The maximum Gasteiger partial charge on any atom is 0.254 e. The lowest BCUT2D eigenvalue weighted by Crippen LogP contribution is -2.40. The molecule has 3 heteroatoms. The summed E-state index contributed by atoms with van der Waals surface area (Å²) in [5.41, 5.74) is 2.94. The Hall–Kier alpha value is -1.02. The molecule has 0 bridgehead atoms. The molecule has 0 spiro atoms. The molecule has 1 aromatic rings. The van der Waals surface area contributed by atoms with Crippen molar-refractivity contribution < 1.29 is 4.79 Å². The predicted octanol–water partition coefficient (Wildman–Crippen LogP) is 3.15. The van der Waals surface area contributed by atoms with Gasteiger partial charge >= 0.3 is 0 Å². The highest BCUT2D eigenvalue weighted by atomic mass is 35.5. The number of nitrogens with zero attached hydrogens (tertiary/aromatic N) is 1. The van der Waals surface area contributed by atoms with Crippen LogP contribution in [0.2, 0.25) is 0 Å². The number of hydrogen-bond donors (Lipinski definition) is 0. The van der Waals surface area contributed by atoms with Crippen molar-refractivity contribution in [3.8, 4) is 0 Å². The number of alkyl halides is 1. The summed E-state index contributed by atoms with van der Waals surface area (Å²) >= 11 is 6.13. The van der Waals surface area contributed by atoms with Gasteiger partial charge in [0.05, 0.1) is 5.38 Å². The normalized spacial score (nSPS) is 20.4. The summed E-state index contributed by atoms with van der Waals surface area (Å²) < 4.78 is 0. The first-order valence-corrected chi connectivity index (χ1v) is 6.53. The lowest BCUT2D eigenvalue weighted by atomic mass is 10.0. The fraction of sp³-hybridized carbons (Fsp3) is 0.500. The quantitative estimate of drug-likeness (QED) is 0.703. The molecule has 1 atom stereocenters. The Morgan fingerprint density at radius 2 is 2.00 bits per heavy atom. The highest BCUT2D eigenvalue weighted by molar-refractivity contribution is 6.21. The fourth-order valence-electron chi connectivity index (χ4n) is 2.42. The zero-order valence-corrected chi connectivity index (χ0v) is 11.1. The highest BCUT2D eigenvalue weighted by Crippen LogP contribution is 2.21. The van der Waals surface area contributed by atoms with Gasteiger partial charge in [-0.05, 0) is 37.8 Å². The van der Waals surface area contributed by atoms with Crippen molar-refractivity contribution in [1.29, 1.82) is 0 Å². The molecule has 2 nitrogen and oxygen atoms in total. The van der Waals surface area contributed by atoms with Crippen LogP contribution in [0.25, 0.3) is 0 Å². The number of hydrogen-bond acceptors (Lipinski definition) is 1. The molecule has 0 N–H and O–H groups in total. The number of amides is 1. The number of carbonyl (C=O) groups is 1. The van der Waals surface area contributed by atoms with Crippen molar-refractivity contribution in [3.05, 3.63) is 34.9 Å². The molecule has 0 radical (unpaired) electrons. The molecule has 1 aliphatic rings. The van der Waals surface area contributed by atoms with Crippen LogP contribution in [0.3, 0.4) is 0 Å². The van der Waals surface area contributed by atoms with Crippen LogP contribution in [-0.2, 0) is 0 Å². The zero-order valence-electron chi connectivity index (χ0n) is 10.4. The molecule has 1 aliphatic heterocycles. The number of aryl methyl sites for hydroxylation is 2. The minimum atomic E-state index is 0.108. The van der Waals surface area contributed by atoms with Crippen LogP contribution < -0.4 is 0 Å².